The van der Waals surface area contributed by atoms with E-state index in [4.69, 9.17) is 0 Å². The highest BCUT2D eigenvalue weighted by atomic mass is 32.2. The summed E-state index contributed by atoms with van der Waals surface area (Å²) in [4.78, 5) is 11.8. The summed E-state index contributed by atoms with van der Waals surface area (Å²) < 4.78 is 0. The highest BCUT2D eigenvalue weighted by Crippen LogP contribution is 2.28. The van der Waals surface area contributed by atoms with Crippen LogP contribution in [-0.2, 0) is 4.79 Å². The monoisotopic (exact) mass is 242 g/mol. The van der Waals surface area contributed by atoms with Crippen LogP contribution in [0.25, 0.3) is 0 Å². The SMILES string of the molecule is CCC(CC)CC(=O)CSC1CCCCC1. The fourth-order valence-corrected chi connectivity index (χ4v) is 3.61. The largest absolute Gasteiger partial charge is 0.299 e. The van der Waals surface area contributed by atoms with Crippen molar-refractivity contribution in [2.45, 2.75) is 70.5 Å². The Kier molecular flexibility index (Phi) is 7.18. The van der Waals surface area contributed by atoms with Crippen molar-refractivity contribution in [1.82, 2.24) is 0 Å². The molecule has 1 fully saturated rings. The van der Waals surface area contributed by atoms with Gasteiger partial charge in [-0.2, -0.15) is 11.8 Å². The van der Waals surface area contributed by atoms with Crippen LogP contribution in [0.3, 0.4) is 0 Å². The lowest BCUT2D eigenvalue weighted by Gasteiger charge is -2.21. The van der Waals surface area contributed by atoms with E-state index in [0.717, 1.165) is 30.3 Å². The Morgan fingerprint density at radius 2 is 1.81 bits per heavy atom. The molecule has 16 heavy (non-hydrogen) atoms. The third-order valence-electron chi connectivity index (χ3n) is 3.70. The molecule has 0 amide bonds. The van der Waals surface area contributed by atoms with Crippen LogP contribution in [0.1, 0.15) is 65.2 Å². The molecule has 0 aromatic rings. The number of carbonyl (C=O) groups excluding carboxylic acids is 1. The van der Waals surface area contributed by atoms with E-state index in [-0.39, 0.29) is 0 Å². The molecule has 0 radical (unpaired) electrons. The first-order valence-electron chi connectivity index (χ1n) is 6.89. The summed E-state index contributed by atoms with van der Waals surface area (Å²) in [5, 5.41) is 0.777. The van der Waals surface area contributed by atoms with Crippen molar-refractivity contribution in [3.05, 3.63) is 0 Å². The zero-order chi connectivity index (χ0) is 11.8. The third kappa shape index (κ3) is 5.38. The van der Waals surface area contributed by atoms with Crippen LogP contribution in [0.15, 0.2) is 0 Å². The fourth-order valence-electron chi connectivity index (χ4n) is 2.40. The first kappa shape index (κ1) is 14.1. The number of hydrogen-bond acceptors (Lipinski definition) is 2. The molecule has 0 aliphatic heterocycles. The molecule has 0 bridgehead atoms. The average Bonchev–Trinajstić information content (AvgIpc) is 2.34. The van der Waals surface area contributed by atoms with Gasteiger partial charge in [0.05, 0.1) is 5.75 Å². The van der Waals surface area contributed by atoms with Crippen LogP contribution in [0.2, 0.25) is 0 Å². The molecule has 1 rings (SSSR count). The van der Waals surface area contributed by atoms with E-state index in [9.17, 15) is 4.79 Å². The average molecular weight is 242 g/mol. The van der Waals surface area contributed by atoms with Gasteiger partial charge in [0.15, 0.2) is 0 Å². The summed E-state index contributed by atoms with van der Waals surface area (Å²) in [6.45, 7) is 4.38. The van der Waals surface area contributed by atoms with Crippen molar-refractivity contribution in [2.75, 3.05) is 5.75 Å². The Hall–Kier alpha value is 0.0200. The number of Topliss-reactive ketones (excluding diaryl/α,β-unsaturated/α-hetero) is 1. The molecule has 0 spiro atoms. The van der Waals surface area contributed by atoms with Crippen molar-refractivity contribution in [2.24, 2.45) is 5.92 Å². The molecular formula is C14H26OS. The van der Waals surface area contributed by atoms with Gasteiger partial charge >= 0.3 is 0 Å². The Balaban J connectivity index is 2.13. The summed E-state index contributed by atoms with van der Waals surface area (Å²) in [5.41, 5.74) is 0. The molecule has 0 aromatic heterocycles. The van der Waals surface area contributed by atoms with E-state index in [1.54, 1.807) is 0 Å². The van der Waals surface area contributed by atoms with Gasteiger partial charge in [-0.15, -0.1) is 0 Å². The highest BCUT2D eigenvalue weighted by molar-refractivity contribution is 8.00. The smallest absolute Gasteiger partial charge is 0.143 e. The summed E-state index contributed by atoms with van der Waals surface area (Å²) in [5.74, 6) is 1.87. The van der Waals surface area contributed by atoms with Gasteiger partial charge in [-0.3, -0.25) is 4.79 Å². The van der Waals surface area contributed by atoms with Gasteiger partial charge in [0.1, 0.15) is 5.78 Å². The summed E-state index contributed by atoms with van der Waals surface area (Å²) >= 11 is 1.92. The van der Waals surface area contributed by atoms with Crippen LogP contribution < -0.4 is 0 Å². The van der Waals surface area contributed by atoms with Crippen molar-refractivity contribution >= 4 is 17.5 Å². The van der Waals surface area contributed by atoms with Crippen molar-refractivity contribution in [1.29, 1.82) is 0 Å². The Morgan fingerprint density at radius 3 is 2.38 bits per heavy atom. The maximum absolute atomic E-state index is 11.8. The van der Waals surface area contributed by atoms with E-state index in [2.05, 4.69) is 13.8 Å². The normalized spacial score (nSPS) is 17.9. The van der Waals surface area contributed by atoms with Gasteiger partial charge < -0.3 is 0 Å². The van der Waals surface area contributed by atoms with Crippen LogP contribution in [0, 0.1) is 5.92 Å². The third-order valence-corrected chi connectivity index (χ3v) is 5.13. The van der Waals surface area contributed by atoms with Gasteiger partial charge in [-0.05, 0) is 18.8 Å². The zero-order valence-corrected chi connectivity index (χ0v) is 11.7. The van der Waals surface area contributed by atoms with Crippen molar-refractivity contribution in [3.8, 4) is 0 Å². The quantitative estimate of drug-likeness (QED) is 0.656. The van der Waals surface area contributed by atoms with Crippen LogP contribution in [0.4, 0.5) is 0 Å². The second kappa shape index (κ2) is 8.16. The zero-order valence-electron chi connectivity index (χ0n) is 10.8. The minimum atomic E-state index is 0.476. The Morgan fingerprint density at radius 1 is 1.19 bits per heavy atom. The summed E-state index contributed by atoms with van der Waals surface area (Å²) in [7, 11) is 0. The summed E-state index contributed by atoms with van der Waals surface area (Å²) in [6.07, 6.45) is 9.93. The van der Waals surface area contributed by atoms with Gasteiger partial charge in [0, 0.05) is 11.7 Å². The maximum atomic E-state index is 11.8. The molecule has 2 heteroatoms. The molecule has 1 aliphatic carbocycles. The van der Waals surface area contributed by atoms with Gasteiger partial charge in [-0.1, -0.05) is 46.0 Å². The first-order chi connectivity index (χ1) is 7.76. The van der Waals surface area contributed by atoms with Crippen molar-refractivity contribution < 1.29 is 4.79 Å². The fraction of sp³-hybridized carbons (Fsp3) is 0.929. The minimum absolute atomic E-state index is 0.476. The molecule has 1 nitrogen and oxygen atoms in total. The lowest BCUT2D eigenvalue weighted by molar-refractivity contribution is -0.117. The van der Waals surface area contributed by atoms with E-state index in [1.165, 1.54) is 32.1 Å². The van der Waals surface area contributed by atoms with Gasteiger partial charge in [-0.25, -0.2) is 0 Å². The number of rotatable bonds is 7. The number of thioether (sulfide) groups is 1. The van der Waals surface area contributed by atoms with Crippen LogP contribution in [-0.4, -0.2) is 16.8 Å². The van der Waals surface area contributed by atoms with Gasteiger partial charge in [0.25, 0.3) is 0 Å². The van der Waals surface area contributed by atoms with Gasteiger partial charge in [0.2, 0.25) is 0 Å². The molecule has 0 unspecified atom stereocenters. The molecular weight excluding hydrogens is 216 g/mol. The predicted octanol–water partition coefficient (Wildman–Crippen LogP) is 4.45. The van der Waals surface area contributed by atoms with Crippen LogP contribution >= 0.6 is 11.8 Å². The number of carbonyl (C=O) groups is 1. The molecule has 1 saturated carbocycles. The standard InChI is InChI=1S/C14H26OS/c1-3-12(4-2)10-13(15)11-16-14-8-6-5-7-9-14/h12,14H,3-11H2,1-2H3. The summed E-state index contributed by atoms with van der Waals surface area (Å²) in [6, 6.07) is 0. The lowest BCUT2D eigenvalue weighted by Crippen LogP contribution is -2.14. The lowest BCUT2D eigenvalue weighted by atomic mass is 9.98. The van der Waals surface area contributed by atoms with E-state index in [0.29, 0.717) is 11.7 Å². The predicted molar refractivity (Wildman–Crippen MR) is 73.0 cm³/mol. The number of ketones is 1. The molecule has 0 atom stereocenters. The van der Waals surface area contributed by atoms with Crippen molar-refractivity contribution in [3.63, 3.8) is 0 Å². The topological polar surface area (TPSA) is 17.1 Å². The first-order valence-corrected chi connectivity index (χ1v) is 7.94. The number of hydrogen-bond donors (Lipinski definition) is 0. The molecule has 0 aromatic carbocycles. The molecule has 0 N–H and O–H groups in total. The Labute approximate surface area is 105 Å². The second-order valence-electron chi connectivity index (χ2n) is 5.00. The Bertz CT molecular complexity index is 193. The molecule has 0 saturated heterocycles. The van der Waals surface area contributed by atoms with E-state index in [1.807, 2.05) is 11.8 Å². The van der Waals surface area contributed by atoms with E-state index < -0.39 is 0 Å². The minimum Gasteiger partial charge on any atom is -0.299 e. The van der Waals surface area contributed by atoms with E-state index >= 15 is 0 Å². The molecule has 1 aliphatic rings. The van der Waals surface area contributed by atoms with Crippen LogP contribution in [0.5, 0.6) is 0 Å². The highest BCUT2D eigenvalue weighted by Gasteiger charge is 2.16. The second-order valence-corrected chi connectivity index (χ2v) is 6.29. The molecule has 0 heterocycles. The molecule has 94 valence electrons. The maximum Gasteiger partial charge on any atom is 0.143 e.